The van der Waals surface area contributed by atoms with Crippen LogP contribution in [0.3, 0.4) is 0 Å². The summed E-state index contributed by atoms with van der Waals surface area (Å²) >= 11 is 4.30. The van der Waals surface area contributed by atoms with E-state index in [4.69, 9.17) is 0 Å². The maximum Gasteiger partial charge on any atom is 0.0131 e. The summed E-state index contributed by atoms with van der Waals surface area (Å²) in [5.41, 5.74) is 0. The van der Waals surface area contributed by atoms with Gasteiger partial charge in [-0.2, -0.15) is 0 Å². The highest BCUT2D eigenvalue weighted by molar-refractivity contribution is 7.77. The van der Waals surface area contributed by atoms with Crippen molar-refractivity contribution in [3.63, 3.8) is 0 Å². The first-order chi connectivity index (χ1) is 5.36. The highest BCUT2D eigenvalue weighted by atomic mass is 32.1. The van der Waals surface area contributed by atoms with Crippen LogP contribution < -0.4 is 5.32 Å². The molecule has 2 unspecified atom stereocenters. The molecule has 0 aromatic carbocycles. The van der Waals surface area contributed by atoms with Crippen molar-refractivity contribution in [1.29, 1.82) is 0 Å². The van der Waals surface area contributed by atoms with Gasteiger partial charge in [-0.3, -0.25) is 4.31 Å². The molecule has 2 atom stereocenters. The van der Waals surface area contributed by atoms with E-state index < -0.39 is 0 Å². The minimum atomic E-state index is 0.891. The molecule has 0 aromatic heterocycles. The number of nitrogens with zero attached hydrogens (tertiary/aromatic N) is 1. The molecule has 0 bridgehead atoms. The van der Waals surface area contributed by atoms with E-state index in [0.717, 1.165) is 11.8 Å². The number of hydrogen-bond donors (Lipinski definition) is 2. The molecule has 0 amide bonds. The summed E-state index contributed by atoms with van der Waals surface area (Å²) < 4.78 is 2.14. The Bertz CT molecular complexity index is 107. The maximum absolute atomic E-state index is 4.30. The Labute approximate surface area is 74.9 Å². The number of hydrogen-bond acceptors (Lipinski definition) is 3. The van der Waals surface area contributed by atoms with Crippen LogP contribution in [0.2, 0.25) is 0 Å². The minimum absolute atomic E-state index is 0.891. The van der Waals surface area contributed by atoms with E-state index in [1.807, 2.05) is 13.8 Å². The zero-order chi connectivity index (χ0) is 8.27. The number of nitrogens with one attached hydrogen (secondary N) is 1. The third-order valence-electron chi connectivity index (χ3n) is 2.37. The van der Waals surface area contributed by atoms with E-state index >= 15 is 0 Å². The predicted octanol–water partition coefficient (Wildman–Crippen LogP) is 1.01. The molecule has 0 saturated carbocycles. The van der Waals surface area contributed by atoms with Gasteiger partial charge in [-0.15, -0.1) is 0 Å². The monoisotopic (exact) mass is 174 g/mol. The highest BCUT2D eigenvalue weighted by Crippen LogP contribution is 2.26. The van der Waals surface area contributed by atoms with E-state index in [-0.39, 0.29) is 0 Å². The van der Waals surface area contributed by atoms with Gasteiger partial charge < -0.3 is 5.32 Å². The lowest BCUT2D eigenvalue weighted by Crippen LogP contribution is -2.18. The Morgan fingerprint density at radius 2 is 1.64 bits per heavy atom. The van der Waals surface area contributed by atoms with Gasteiger partial charge in [0.05, 0.1) is 0 Å². The second-order valence-electron chi connectivity index (χ2n) is 3.05. The van der Waals surface area contributed by atoms with Gasteiger partial charge in [0.1, 0.15) is 0 Å². The lowest BCUT2D eigenvalue weighted by Gasteiger charge is -2.05. The number of fused-ring (bicyclic) bond motifs is 1. The molecule has 66 valence electrons. The van der Waals surface area contributed by atoms with E-state index in [2.05, 4.69) is 22.4 Å². The maximum atomic E-state index is 4.30. The minimum Gasteiger partial charge on any atom is -0.316 e. The SMILES string of the molecule is CC.SN1CC2CNCC2C1. The van der Waals surface area contributed by atoms with Gasteiger partial charge in [-0.25, -0.2) is 0 Å². The largest absolute Gasteiger partial charge is 0.316 e. The molecule has 1 N–H and O–H groups in total. The van der Waals surface area contributed by atoms with Crippen LogP contribution in [0.15, 0.2) is 0 Å². The fourth-order valence-electron chi connectivity index (χ4n) is 1.83. The normalized spacial score (nSPS) is 36.3. The Hall–Kier alpha value is 0.270. The van der Waals surface area contributed by atoms with Crippen molar-refractivity contribution in [3.05, 3.63) is 0 Å². The summed E-state index contributed by atoms with van der Waals surface area (Å²) in [7, 11) is 0. The van der Waals surface area contributed by atoms with Gasteiger partial charge in [0, 0.05) is 13.1 Å². The average Bonchev–Trinajstić information content (AvgIpc) is 2.51. The summed E-state index contributed by atoms with van der Waals surface area (Å²) in [6.07, 6.45) is 0. The van der Waals surface area contributed by atoms with Crippen molar-refractivity contribution in [2.75, 3.05) is 26.2 Å². The Kier molecular flexibility index (Phi) is 3.69. The zero-order valence-corrected chi connectivity index (χ0v) is 8.27. The number of rotatable bonds is 0. The van der Waals surface area contributed by atoms with Gasteiger partial charge in [0.25, 0.3) is 0 Å². The van der Waals surface area contributed by atoms with Crippen molar-refractivity contribution in [3.8, 4) is 0 Å². The van der Waals surface area contributed by atoms with Crippen molar-refractivity contribution in [2.45, 2.75) is 13.8 Å². The van der Waals surface area contributed by atoms with Gasteiger partial charge in [0.2, 0.25) is 0 Å². The molecule has 2 heterocycles. The molecule has 2 nitrogen and oxygen atoms in total. The second kappa shape index (κ2) is 4.33. The fourth-order valence-corrected chi connectivity index (χ4v) is 2.25. The van der Waals surface area contributed by atoms with Crippen LogP contribution in [0.4, 0.5) is 0 Å². The standard InChI is InChI=1S/C6H12N2S.C2H6/c9-8-3-5-1-7-2-6(5)4-8;1-2/h5-7,9H,1-4H2;1-2H3. The molecule has 11 heavy (non-hydrogen) atoms. The first kappa shape index (κ1) is 9.36. The Morgan fingerprint density at radius 1 is 1.18 bits per heavy atom. The van der Waals surface area contributed by atoms with Gasteiger partial charge in [0.15, 0.2) is 0 Å². The third-order valence-corrected chi connectivity index (χ3v) is 2.70. The molecular weight excluding hydrogens is 156 g/mol. The molecule has 2 rings (SSSR count). The van der Waals surface area contributed by atoms with Crippen LogP contribution in [0, 0.1) is 11.8 Å². The highest BCUT2D eigenvalue weighted by Gasteiger charge is 2.34. The summed E-state index contributed by atoms with van der Waals surface area (Å²) in [6.45, 7) is 8.78. The Morgan fingerprint density at radius 3 is 2.09 bits per heavy atom. The predicted molar refractivity (Wildman–Crippen MR) is 51.8 cm³/mol. The smallest absolute Gasteiger partial charge is 0.0131 e. The van der Waals surface area contributed by atoms with Crippen LogP contribution in [-0.4, -0.2) is 30.5 Å². The molecule has 0 aliphatic carbocycles. The summed E-state index contributed by atoms with van der Waals surface area (Å²) in [6, 6.07) is 0. The first-order valence-corrected chi connectivity index (χ1v) is 4.91. The van der Waals surface area contributed by atoms with Gasteiger partial charge >= 0.3 is 0 Å². The van der Waals surface area contributed by atoms with Crippen molar-refractivity contribution in [1.82, 2.24) is 9.62 Å². The van der Waals surface area contributed by atoms with E-state index in [1.54, 1.807) is 0 Å². The van der Waals surface area contributed by atoms with Crippen LogP contribution in [0.5, 0.6) is 0 Å². The summed E-state index contributed by atoms with van der Waals surface area (Å²) in [5.74, 6) is 1.78. The van der Waals surface area contributed by atoms with Gasteiger partial charge in [-0.05, 0) is 24.9 Å². The average molecular weight is 174 g/mol. The molecule has 2 saturated heterocycles. The van der Waals surface area contributed by atoms with Crippen LogP contribution in [-0.2, 0) is 0 Å². The van der Waals surface area contributed by atoms with Crippen LogP contribution in [0.1, 0.15) is 13.8 Å². The zero-order valence-electron chi connectivity index (χ0n) is 7.38. The van der Waals surface area contributed by atoms with E-state index in [1.165, 1.54) is 26.2 Å². The van der Waals surface area contributed by atoms with E-state index in [0.29, 0.717) is 0 Å². The van der Waals surface area contributed by atoms with Crippen LogP contribution >= 0.6 is 12.8 Å². The summed E-state index contributed by atoms with van der Waals surface area (Å²) in [5, 5.41) is 3.38. The topological polar surface area (TPSA) is 15.3 Å². The number of thiol groups is 1. The molecule has 0 aromatic rings. The van der Waals surface area contributed by atoms with Gasteiger partial charge in [-0.1, -0.05) is 26.7 Å². The lowest BCUT2D eigenvalue weighted by molar-refractivity contribution is 0.526. The van der Waals surface area contributed by atoms with Crippen molar-refractivity contribution >= 4 is 12.8 Å². The van der Waals surface area contributed by atoms with Crippen LogP contribution in [0.25, 0.3) is 0 Å². The Balaban J connectivity index is 0.000000281. The molecule has 3 heteroatoms. The van der Waals surface area contributed by atoms with Crippen molar-refractivity contribution < 1.29 is 0 Å². The molecule has 2 aliphatic rings. The third kappa shape index (κ3) is 2.10. The fraction of sp³-hybridized carbons (Fsp3) is 1.00. The molecule has 2 fully saturated rings. The lowest BCUT2D eigenvalue weighted by atomic mass is 10.0. The summed E-state index contributed by atoms with van der Waals surface area (Å²) in [4.78, 5) is 0. The van der Waals surface area contributed by atoms with Crippen molar-refractivity contribution in [2.24, 2.45) is 11.8 Å². The second-order valence-corrected chi connectivity index (χ2v) is 3.62. The van der Waals surface area contributed by atoms with E-state index in [9.17, 15) is 0 Å². The molecule has 0 radical (unpaired) electrons. The first-order valence-electron chi connectivity index (χ1n) is 4.51. The molecule has 2 aliphatic heterocycles. The quantitative estimate of drug-likeness (QED) is 0.533. The molecule has 0 spiro atoms. The molecular formula is C8H18N2S.